The zero-order chi connectivity index (χ0) is 37.7. The Hall–Kier alpha value is -7.76. The molecule has 0 spiro atoms. The number of para-hydroxylation sites is 2. The Bertz CT molecular complexity index is 3040. The molecular weight excluding hydrogens is 699 g/mol. The molecule has 0 bridgehead atoms. The molecule has 0 fully saturated rings. The molecule has 5 heteroatoms. The molecule has 0 radical (unpaired) electrons. The van der Waals surface area contributed by atoms with Crippen LogP contribution in [-0.4, -0.2) is 9.97 Å². The highest BCUT2D eigenvalue weighted by Crippen LogP contribution is 2.41. The van der Waals surface area contributed by atoms with Crippen LogP contribution in [0.1, 0.15) is 0 Å². The summed E-state index contributed by atoms with van der Waals surface area (Å²) in [6.45, 7) is 0. The molecule has 0 aliphatic rings. The Morgan fingerprint density at radius 2 is 0.807 bits per heavy atom. The molecule has 0 N–H and O–H groups in total. The van der Waals surface area contributed by atoms with Crippen LogP contribution in [0.15, 0.2) is 209 Å². The SMILES string of the molecule is c1ccc(-c2ccc(-c3ccc(N(c4ccc(-c5nccc6c5oc5ccccc56)cc4)c4ccc(-c5ccnc6c5oc5ccccc56)cc4)cc3)cc2)cc1. The van der Waals surface area contributed by atoms with Crippen LogP contribution in [-0.2, 0) is 0 Å². The Labute approximate surface area is 328 Å². The normalized spacial score (nSPS) is 11.5. The average molecular weight is 732 g/mol. The van der Waals surface area contributed by atoms with E-state index in [4.69, 9.17) is 13.8 Å². The van der Waals surface area contributed by atoms with Gasteiger partial charge in [-0.25, -0.2) is 0 Å². The predicted molar refractivity (Wildman–Crippen MR) is 233 cm³/mol. The predicted octanol–water partition coefficient (Wildman–Crippen LogP) is 14.4. The van der Waals surface area contributed by atoms with E-state index >= 15 is 0 Å². The lowest BCUT2D eigenvalue weighted by Crippen LogP contribution is -2.09. The summed E-state index contributed by atoms with van der Waals surface area (Å²) in [7, 11) is 0. The van der Waals surface area contributed by atoms with Crippen molar-refractivity contribution in [3.05, 3.63) is 200 Å². The van der Waals surface area contributed by atoms with Crippen molar-refractivity contribution < 1.29 is 8.83 Å². The molecule has 5 nitrogen and oxygen atoms in total. The summed E-state index contributed by atoms with van der Waals surface area (Å²) in [4.78, 5) is 11.7. The summed E-state index contributed by atoms with van der Waals surface area (Å²) in [5.41, 5.74) is 15.8. The van der Waals surface area contributed by atoms with E-state index in [0.29, 0.717) is 0 Å². The number of hydrogen-bond donors (Lipinski definition) is 0. The van der Waals surface area contributed by atoms with E-state index in [0.717, 1.165) is 89.0 Å². The van der Waals surface area contributed by atoms with Gasteiger partial charge >= 0.3 is 0 Å². The lowest BCUT2D eigenvalue weighted by Gasteiger charge is -2.26. The molecule has 11 aromatic rings. The topological polar surface area (TPSA) is 55.3 Å². The molecular formula is C52H33N3O2. The van der Waals surface area contributed by atoms with E-state index < -0.39 is 0 Å². The number of hydrogen-bond acceptors (Lipinski definition) is 5. The van der Waals surface area contributed by atoms with Crippen molar-refractivity contribution in [1.29, 1.82) is 0 Å². The van der Waals surface area contributed by atoms with Crippen molar-refractivity contribution in [2.75, 3.05) is 4.90 Å². The fourth-order valence-corrected chi connectivity index (χ4v) is 7.98. The summed E-state index contributed by atoms with van der Waals surface area (Å²) >= 11 is 0. The first kappa shape index (κ1) is 32.7. The maximum absolute atomic E-state index is 6.34. The second kappa shape index (κ2) is 13.5. The minimum atomic E-state index is 0.791. The number of fused-ring (bicyclic) bond motifs is 6. The monoisotopic (exact) mass is 731 g/mol. The van der Waals surface area contributed by atoms with Gasteiger partial charge in [0, 0.05) is 56.7 Å². The molecule has 0 unspecified atom stereocenters. The van der Waals surface area contributed by atoms with Crippen molar-refractivity contribution in [2.45, 2.75) is 0 Å². The lowest BCUT2D eigenvalue weighted by molar-refractivity contribution is 0.668. The molecule has 7 aromatic carbocycles. The standard InChI is InChI=1S/C52H33N3O2/c1-2-8-34(9-3-1)35-14-16-36(17-15-35)37-18-24-40(25-19-37)55(41-26-20-38(21-27-41)43-30-32-54-50-46-11-5-7-13-48(46)57-51(43)50)42-28-22-39(23-29-42)49-52-45(31-33-53-49)44-10-4-6-12-47(44)56-52/h1-33H. The first-order valence-electron chi connectivity index (χ1n) is 19.0. The number of pyridine rings is 2. The van der Waals surface area contributed by atoms with Gasteiger partial charge in [0.2, 0.25) is 0 Å². The number of rotatable bonds is 7. The zero-order valence-corrected chi connectivity index (χ0v) is 30.7. The Morgan fingerprint density at radius 1 is 0.333 bits per heavy atom. The smallest absolute Gasteiger partial charge is 0.161 e. The highest BCUT2D eigenvalue weighted by molar-refractivity contribution is 6.09. The van der Waals surface area contributed by atoms with E-state index in [2.05, 4.69) is 143 Å². The van der Waals surface area contributed by atoms with Crippen LogP contribution in [0.25, 0.3) is 88.6 Å². The van der Waals surface area contributed by atoms with Gasteiger partial charge in [0.05, 0.1) is 0 Å². The molecule has 0 aliphatic heterocycles. The van der Waals surface area contributed by atoms with Crippen molar-refractivity contribution in [1.82, 2.24) is 9.97 Å². The molecule has 268 valence electrons. The second-order valence-electron chi connectivity index (χ2n) is 14.2. The van der Waals surface area contributed by atoms with E-state index in [1.54, 1.807) is 0 Å². The van der Waals surface area contributed by atoms with Crippen LogP contribution in [0.3, 0.4) is 0 Å². The van der Waals surface area contributed by atoms with Gasteiger partial charge in [-0.2, -0.15) is 0 Å². The zero-order valence-electron chi connectivity index (χ0n) is 30.7. The highest BCUT2D eigenvalue weighted by Gasteiger charge is 2.18. The van der Waals surface area contributed by atoms with Gasteiger partial charge < -0.3 is 13.7 Å². The maximum atomic E-state index is 6.34. The molecule has 0 aliphatic carbocycles. The Morgan fingerprint density at radius 3 is 1.46 bits per heavy atom. The van der Waals surface area contributed by atoms with E-state index in [9.17, 15) is 0 Å². The summed E-state index contributed by atoms with van der Waals surface area (Å²) in [5.74, 6) is 0. The van der Waals surface area contributed by atoms with Crippen molar-refractivity contribution in [3.8, 4) is 44.6 Å². The van der Waals surface area contributed by atoms with E-state index in [-0.39, 0.29) is 0 Å². The molecule has 0 atom stereocenters. The molecule has 4 aromatic heterocycles. The van der Waals surface area contributed by atoms with Crippen molar-refractivity contribution in [2.24, 2.45) is 0 Å². The molecule has 0 saturated carbocycles. The molecule has 11 rings (SSSR count). The molecule has 4 heterocycles. The fourth-order valence-electron chi connectivity index (χ4n) is 7.98. The summed E-state index contributed by atoms with van der Waals surface area (Å²) < 4.78 is 12.7. The first-order valence-corrected chi connectivity index (χ1v) is 19.0. The first-order chi connectivity index (χ1) is 28.2. The Balaban J connectivity index is 0.972. The second-order valence-corrected chi connectivity index (χ2v) is 14.2. The van der Waals surface area contributed by atoms with Crippen LogP contribution >= 0.6 is 0 Å². The highest BCUT2D eigenvalue weighted by atomic mass is 16.3. The maximum Gasteiger partial charge on any atom is 0.161 e. The Kier molecular flexibility index (Phi) is 7.74. The van der Waals surface area contributed by atoms with Crippen LogP contribution in [0, 0.1) is 0 Å². The summed E-state index contributed by atoms with van der Waals surface area (Å²) in [6.07, 6.45) is 3.72. The number of aromatic nitrogens is 2. The van der Waals surface area contributed by atoms with Gasteiger partial charge in [-0.3, -0.25) is 9.97 Å². The van der Waals surface area contributed by atoms with Gasteiger partial charge in [0.1, 0.15) is 22.4 Å². The van der Waals surface area contributed by atoms with Gasteiger partial charge in [-0.05, 0) is 94.5 Å². The third-order valence-electron chi connectivity index (χ3n) is 10.8. The van der Waals surface area contributed by atoms with Gasteiger partial charge in [0.15, 0.2) is 11.2 Å². The molecule has 57 heavy (non-hydrogen) atoms. The van der Waals surface area contributed by atoms with Crippen LogP contribution in [0.4, 0.5) is 17.1 Å². The average Bonchev–Trinajstić information content (AvgIpc) is 3.87. The molecule has 0 amide bonds. The van der Waals surface area contributed by atoms with Gasteiger partial charge in [-0.15, -0.1) is 0 Å². The van der Waals surface area contributed by atoms with Gasteiger partial charge in [-0.1, -0.05) is 121 Å². The van der Waals surface area contributed by atoms with Crippen molar-refractivity contribution >= 4 is 61.1 Å². The summed E-state index contributed by atoms with van der Waals surface area (Å²) in [5, 5.41) is 3.17. The minimum absolute atomic E-state index is 0.791. The third-order valence-corrected chi connectivity index (χ3v) is 10.8. The third kappa shape index (κ3) is 5.72. The minimum Gasteiger partial charge on any atom is -0.454 e. The fraction of sp³-hybridized carbons (Fsp3) is 0. The van der Waals surface area contributed by atoms with E-state index in [1.165, 1.54) is 16.7 Å². The number of anilines is 3. The van der Waals surface area contributed by atoms with Gasteiger partial charge in [0.25, 0.3) is 0 Å². The van der Waals surface area contributed by atoms with Crippen LogP contribution in [0.5, 0.6) is 0 Å². The molecule has 0 saturated heterocycles. The lowest BCUT2D eigenvalue weighted by atomic mass is 10.00. The number of nitrogens with zero attached hydrogens (tertiary/aromatic N) is 3. The van der Waals surface area contributed by atoms with Crippen LogP contribution in [0.2, 0.25) is 0 Å². The number of furan rings is 2. The number of benzene rings is 7. The van der Waals surface area contributed by atoms with E-state index in [1.807, 2.05) is 67.0 Å². The quantitative estimate of drug-likeness (QED) is 0.163. The van der Waals surface area contributed by atoms with Crippen LogP contribution < -0.4 is 4.90 Å². The van der Waals surface area contributed by atoms with Crippen molar-refractivity contribution in [3.63, 3.8) is 0 Å². The largest absolute Gasteiger partial charge is 0.454 e. The summed E-state index contributed by atoms with van der Waals surface area (Å²) in [6, 6.07) is 65.5.